The van der Waals surface area contributed by atoms with E-state index < -0.39 is 0 Å². The number of aromatic nitrogens is 1. The van der Waals surface area contributed by atoms with Crippen LogP contribution >= 0.6 is 0 Å². The molecule has 17 heavy (non-hydrogen) atoms. The van der Waals surface area contributed by atoms with Gasteiger partial charge in [0, 0.05) is 16.8 Å². The van der Waals surface area contributed by atoms with Gasteiger partial charge in [-0.3, -0.25) is 0 Å². The van der Waals surface area contributed by atoms with Gasteiger partial charge >= 0.3 is 0 Å². The molecular weight excluding hydrogens is 206 g/mol. The summed E-state index contributed by atoms with van der Waals surface area (Å²) in [6.45, 7) is 4.30. The fourth-order valence-electron chi connectivity index (χ4n) is 2.45. The molecule has 1 aromatic heterocycles. The molecule has 0 unspecified atom stereocenters. The molecule has 3 aromatic rings. The molecule has 0 aliphatic carbocycles. The van der Waals surface area contributed by atoms with Crippen LogP contribution in [0.3, 0.4) is 0 Å². The first-order valence-electron chi connectivity index (χ1n) is 5.90. The molecule has 1 heteroatoms. The molecule has 0 bridgehead atoms. The zero-order valence-corrected chi connectivity index (χ0v) is 10.1. The van der Waals surface area contributed by atoms with E-state index in [-0.39, 0.29) is 0 Å². The zero-order valence-electron chi connectivity index (χ0n) is 10.1. The Kier molecular flexibility index (Phi) is 2.25. The molecule has 0 aliphatic rings. The summed E-state index contributed by atoms with van der Waals surface area (Å²) in [5.41, 5.74) is 3.82. The molecule has 0 N–H and O–H groups in total. The van der Waals surface area contributed by atoms with Crippen molar-refractivity contribution in [1.82, 2.24) is 4.57 Å². The second kappa shape index (κ2) is 3.77. The highest BCUT2D eigenvalue weighted by atomic mass is 15.0. The number of fused-ring (bicyclic) bond motifs is 1. The van der Waals surface area contributed by atoms with E-state index in [0.29, 0.717) is 0 Å². The SMILES string of the molecule is Cc1ccc(C)n1-c1cccc2ccccc12. The minimum absolute atomic E-state index is 1.27. The summed E-state index contributed by atoms with van der Waals surface area (Å²) in [5, 5.41) is 2.59. The van der Waals surface area contributed by atoms with Gasteiger partial charge in [-0.1, -0.05) is 36.4 Å². The minimum atomic E-state index is 1.27. The van der Waals surface area contributed by atoms with E-state index >= 15 is 0 Å². The molecule has 0 atom stereocenters. The van der Waals surface area contributed by atoms with Gasteiger partial charge in [0.25, 0.3) is 0 Å². The molecule has 84 valence electrons. The quantitative estimate of drug-likeness (QED) is 0.579. The lowest BCUT2D eigenvalue weighted by Gasteiger charge is -2.12. The van der Waals surface area contributed by atoms with E-state index in [0.717, 1.165) is 0 Å². The monoisotopic (exact) mass is 221 g/mol. The van der Waals surface area contributed by atoms with E-state index in [9.17, 15) is 0 Å². The van der Waals surface area contributed by atoms with Crippen molar-refractivity contribution in [3.05, 3.63) is 66.0 Å². The fourth-order valence-corrected chi connectivity index (χ4v) is 2.45. The molecule has 0 saturated heterocycles. The third-order valence-corrected chi connectivity index (χ3v) is 3.28. The summed E-state index contributed by atoms with van der Waals surface area (Å²) in [4.78, 5) is 0. The van der Waals surface area contributed by atoms with Crippen LogP contribution in [0.1, 0.15) is 11.4 Å². The van der Waals surface area contributed by atoms with Crippen LogP contribution in [0.4, 0.5) is 0 Å². The Morgan fingerprint density at radius 3 is 2.12 bits per heavy atom. The van der Waals surface area contributed by atoms with Crippen molar-refractivity contribution < 1.29 is 0 Å². The molecule has 0 fully saturated rings. The minimum Gasteiger partial charge on any atom is -0.318 e. The first-order valence-corrected chi connectivity index (χ1v) is 5.90. The van der Waals surface area contributed by atoms with Crippen molar-refractivity contribution in [2.24, 2.45) is 0 Å². The number of aryl methyl sites for hydroxylation is 2. The van der Waals surface area contributed by atoms with Crippen LogP contribution in [0.5, 0.6) is 0 Å². The summed E-state index contributed by atoms with van der Waals surface area (Å²) in [7, 11) is 0. The number of hydrogen-bond donors (Lipinski definition) is 0. The van der Waals surface area contributed by atoms with Crippen molar-refractivity contribution in [2.75, 3.05) is 0 Å². The van der Waals surface area contributed by atoms with Crippen LogP contribution in [0.15, 0.2) is 54.6 Å². The van der Waals surface area contributed by atoms with E-state index in [1.807, 2.05) is 0 Å². The summed E-state index contributed by atoms with van der Waals surface area (Å²) < 4.78 is 2.31. The van der Waals surface area contributed by atoms with Gasteiger partial charge in [-0.15, -0.1) is 0 Å². The molecule has 0 radical (unpaired) electrons. The van der Waals surface area contributed by atoms with E-state index in [1.165, 1.54) is 27.8 Å². The van der Waals surface area contributed by atoms with Crippen molar-refractivity contribution in [1.29, 1.82) is 0 Å². The number of benzene rings is 2. The normalized spacial score (nSPS) is 10.9. The van der Waals surface area contributed by atoms with Crippen molar-refractivity contribution in [3.8, 4) is 5.69 Å². The van der Waals surface area contributed by atoms with Gasteiger partial charge in [0.2, 0.25) is 0 Å². The van der Waals surface area contributed by atoms with Gasteiger partial charge in [-0.05, 0) is 37.4 Å². The van der Waals surface area contributed by atoms with Crippen LogP contribution < -0.4 is 0 Å². The molecule has 1 heterocycles. The summed E-state index contributed by atoms with van der Waals surface area (Å²) in [5.74, 6) is 0. The lowest BCUT2D eigenvalue weighted by molar-refractivity contribution is 0.974. The first-order chi connectivity index (χ1) is 8.27. The third-order valence-electron chi connectivity index (χ3n) is 3.28. The van der Waals surface area contributed by atoms with E-state index in [1.54, 1.807) is 0 Å². The lowest BCUT2D eigenvalue weighted by atomic mass is 10.1. The molecule has 0 aliphatic heterocycles. The van der Waals surface area contributed by atoms with Crippen LogP contribution in [-0.2, 0) is 0 Å². The van der Waals surface area contributed by atoms with Crippen LogP contribution in [0.25, 0.3) is 16.5 Å². The van der Waals surface area contributed by atoms with Gasteiger partial charge in [0.1, 0.15) is 0 Å². The first kappa shape index (κ1) is 10.2. The average Bonchev–Trinajstić information content (AvgIpc) is 2.69. The highest BCUT2D eigenvalue weighted by Crippen LogP contribution is 2.25. The summed E-state index contributed by atoms with van der Waals surface area (Å²) >= 11 is 0. The molecule has 3 rings (SSSR count). The van der Waals surface area contributed by atoms with Crippen molar-refractivity contribution in [3.63, 3.8) is 0 Å². The highest BCUT2D eigenvalue weighted by molar-refractivity contribution is 5.90. The zero-order chi connectivity index (χ0) is 11.8. The van der Waals surface area contributed by atoms with Gasteiger partial charge < -0.3 is 4.57 Å². The standard InChI is InChI=1S/C16H15N/c1-12-10-11-13(2)17(12)16-9-5-7-14-6-3-4-8-15(14)16/h3-11H,1-2H3. The van der Waals surface area contributed by atoms with Crippen LogP contribution in [0, 0.1) is 13.8 Å². The Bertz CT molecular complexity index is 652. The summed E-state index contributed by atoms with van der Waals surface area (Å²) in [6.07, 6.45) is 0. The maximum atomic E-state index is 2.31. The predicted molar refractivity (Wildman–Crippen MR) is 72.7 cm³/mol. The smallest absolute Gasteiger partial charge is 0.0533 e. The Morgan fingerprint density at radius 2 is 1.35 bits per heavy atom. The molecule has 0 spiro atoms. The predicted octanol–water partition coefficient (Wildman–Crippen LogP) is 4.25. The van der Waals surface area contributed by atoms with E-state index in [4.69, 9.17) is 0 Å². The molecule has 1 nitrogen and oxygen atoms in total. The van der Waals surface area contributed by atoms with Crippen LogP contribution in [-0.4, -0.2) is 4.57 Å². The van der Waals surface area contributed by atoms with Gasteiger partial charge in [0.05, 0.1) is 5.69 Å². The van der Waals surface area contributed by atoms with Crippen molar-refractivity contribution >= 4 is 10.8 Å². The molecule has 0 saturated carbocycles. The maximum Gasteiger partial charge on any atom is 0.0533 e. The van der Waals surface area contributed by atoms with E-state index in [2.05, 4.69) is 73.0 Å². The average molecular weight is 221 g/mol. The second-order valence-corrected chi connectivity index (χ2v) is 4.45. The second-order valence-electron chi connectivity index (χ2n) is 4.45. The van der Waals surface area contributed by atoms with Gasteiger partial charge in [-0.2, -0.15) is 0 Å². The largest absolute Gasteiger partial charge is 0.318 e. The number of nitrogens with zero attached hydrogens (tertiary/aromatic N) is 1. The highest BCUT2D eigenvalue weighted by Gasteiger charge is 2.06. The number of rotatable bonds is 1. The fraction of sp³-hybridized carbons (Fsp3) is 0.125. The summed E-state index contributed by atoms with van der Waals surface area (Å²) in [6, 6.07) is 19.3. The lowest BCUT2D eigenvalue weighted by Crippen LogP contribution is -1.99. The Labute approximate surface area is 101 Å². The Balaban J connectivity index is 2.38. The molecule has 0 amide bonds. The molecule has 2 aromatic carbocycles. The third kappa shape index (κ3) is 1.55. The Morgan fingerprint density at radius 1 is 0.706 bits per heavy atom. The maximum absolute atomic E-state index is 2.31. The molecular formula is C16H15N. The van der Waals surface area contributed by atoms with Gasteiger partial charge in [0.15, 0.2) is 0 Å². The van der Waals surface area contributed by atoms with Crippen LogP contribution in [0.2, 0.25) is 0 Å². The number of hydrogen-bond acceptors (Lipinski definition) is 0. The topological polar surface area (TPSA) is 4.93 Å². The van der Waals surface area contributed by atoms with Crippen molar-refractivity contribution in [2.45, 2.75) is 13.8 Å². The Hall–Kier alpha value is -2.02. The van der Waals surface area contributed by atoms with Gasteiger partial charge in [-0.25, -0.2) is 0 Å².